The maximum absolute atomic E-state index is 6.04. The van der Waals surface area contributed by atoms with Crippen LogP contribution in [-0.2, 0) is 0 Å². The predicted molar refractivity (Wildman–Crippen MR) is 73.1 cm³/mol. The minimum atomic E-state index is 0.453. The Bertz CT molecular complexity index is 236. The average molecular weight is 239 g/mol. The SMILES string of the molecule is CCC1CN(CC2(CN)CCCC2)CCN1C. The fourth-order valence-electron chi connectivity index (χ4n) is 3.62. The zero-order valence-corrected chi connectivity index (χ0v) is 11.6. The third kappa shape index (κ3) is 3.01. The molecule has 3 nitrogen and oxygen atoms in total. The van der Waals surface area contributed by atoms with Gasteiger partial charge in [0.1, 0.15) is 0 Å². The lowest BCUT2D eigenvalue weighted by molar-refractivity contribution is 0.0600. The summed E-state index contributed by atoms with van der Waals surface area (Å²) in [5.74, 6) is 0. The van der Waals surface area contributed by atoms with Gasteiger partial charge in [-0.15, -0.1) is 0 Å². The van der Waals surface area contributed by atoms with Gasteiger partial charge in [-0.05, 0) is 38.3 Å². The summed E-state index contributed by atoms with van der Waals surface area (Å²) in [6, 6.07) is 0.750. The van der Waals surface area contributed by atoms with Crippen LogP contribution in [0.4, 0.5) is 0 Å². The van der Waals surface area contributed by atoms with E-state index in [1.807, 2.05) is 0 Å². The van der Waals surface area contributed by atoms with Gasteiger partial charge >= 0.3 is 0 Å². The predicted octanol–water partition coefficient (Wildman–Crippen LogP) is 1.53. The molecule has 1 saturated carbocycles. The summed E-state index contributed by atoms with van der Waals surface area (Å²) in [6.07, 6.45) is 6.76. The van der Waals surface area contributed by atoms with Gasteiger partial charge in [0.05, 0.1) is 0 Å². The molecule has 0 spiro atoms. The van der Waals surface area contributed by atoms with E-state index >= 15 is 0 Å². The van der Waals surface area contributed by atoms with E-state index in [9.17, 15) is 0 Å². The highest BCUT2D eigenvalue weighted by molar-refractivity contribution is 4.90. The lowest BCUT2D eigenvalue weighted by Gasteiger charge is -2.43. The zero-order valence-electron chi connectivity index (χ0n) is 11.6. The molecule has 17 heavy (non-hydrogen) atoms. The van der Waals surface area contributed by atoms with Crippen molar-refractivity contribution in [1.82, 2.24) is 9.80 Å². The maximum Gasteiger partial charge on any atom is 0.0218 e. The van der Waals surface area contributed by atoms with Crippen molar-refractivity contribution >= 4 is 0 Å². The number of piperazine rings is 1. The molecule has 1 saturated heterocycles. The lowest BCUT2D eigenvalue weighted by atomic mass is 9.85. The van der Waals surface area contributed by atoms with Crippen molar-refractivity contribution in [2.45, 2.75) is 45.1 Å². The topological polar surface area (TPSA) is 32.5 Å². The van der Waals surface area contributed by atoms with Crippen molar-refractivity contribution in [3.63, 3.8) is 0 Å². The van der Waals surface area contributed by atoms with Crippen LogP contribution < -0.4 is 5.73 Å². The molecule has 0 radical (unpaired) electrons. The maximum atomic E-state index is 6.04. The third-order valence-electron chi connectivity index (χ3n) is 4.99. The van der Waals surface area contributed by atoms with Crippen LogP contribution in [0.3, 0.4) is 0 Å². The van der Waals surface area contributed by atoms with Crippen molar-refractivity contribution in [1.29, 1.82) is 0 Å². The molecule has 3 heteroatoms. The van der Waals surface area contributed by atoms with Crippen molar-refractivity contribution < 1.29 is 0 Å². The summed E-state index contributed by atoms with van der Waals surface area (Å²) in [7, 11) is 2.26. The first kappa shape index (κ1) is 13.3. The molecule has 2 fully saturated rings. The van der Waals surface area contributed by atoms with E-state index in [1.165, 1.54) is 58.3 Å². The lowest BCUT2D eigenvalue weighted by Crippen LogP contribution is -2.54. The first-order valence-corrected chi connectivity index (χ1v) is 7.32. The monoisotopic (exact) mass is 239 g/mol. The average Bonchev–Trinajstić information content (AvgIpc) is 2.81. The van der Waals surface area contributed by atoms with E-state index < -0.39 is 0 Å². The van der Waals surface area contributed by atoms with Gasteiger partial charge in [-0.25, -0.2) is 0 Å². The van der Waals surface area contributed by atoms with E-state index in [0.29, 0.717) is 5.41 Å². The van der Waals surface area contributed by atoms with Crippen molar-refractivity contribution in [2.75, 3.05) is 39.8 Å². The molecule has 1 atom stereocenters. The van der Waals surface area contributed by atoms with E-state index in [0.717, 1.165) is 12.6 Å². The Morgan fingerprint density at radius 1 is 1.24 bits per heavy atom. The van der Waals surface area contributed by atoms with Crippen LogP contribution in [0.15, 0.2) is 0 Å². The minimum Gasteiger partial charge on any atom is -0.330 e. The zero-order chi connectivity index (χ0) is 12.3. The van der Waals surface area contributed by atoms with Gasteiger partial charge in [0.2, 0.25) is 0 Å². The molecule has 1 aliphatic carbocycles. The van der Waals surface area contributed by atoms with Crippen LogP contribution in [0.5, 0.6) is 0 Å². The van der Waals surface area contributed by atoms with Gasteiger partial charge < -0.3 is 10.6 Å². The Balaban J connectivity index is 1.90. The second kappa shape index (κ2) is 5.68. The molecule has 0 aromatic rings. The molecule has 2 N–H and O–H groups in total. The number of nitrogens with two attached hydrogens (primary N) is 1. The van der Waals surface area contributed by atoms with Crippen molar-refractivity contribution in [3.05, 3.63) is 0 Å². The van der Waals surface area contributed by atoms with Crippen molar-refractivity contribution in [2.24, 2.45) is 11.1 Å². The highest BCUT2D eigenvalue weighted by Crippen LogP contribution is 2.38. The molecule has 1 heterocycles. The highest BCUT2D eigenvalue weighted by Gasteiger charge is 2.35. The fourth-order valence-corrected chi connectivity index (χ4v) is 3.62. The molecular formula is C14H29N3. The van der Waals surface area contributed by atoms with E-state index in [1.54, 1.807) is 0 Å². The molecule has 1 aliphatic heterocycles. The molecule has 0 amide bonds. The Morgan fingerprint density at radius 2 is 1.94 bits per heavy atom. The normalized spacial score (nSPS) is 30.9. The van der Waals surface area contributed by atoms with Crippen LogP contribution >= 0.6 is 0 Å². The third-order valence-corrected chi connectivity index (χ3v) is 4.99. The highest BCUT2D eigenvalue weighted by atomic mass is 15.3. The van der Waals surface area contributed by atoms with Gasteiger partial charge in [0.25, 0.3) is 0 Å². The van der Waals surface area contributed by atoms with Gasteiger partial charge in [0, 0.05) is 32.2 Å². The molecule has 1 unspecified atom stereocenters. The summed E-state index contributed by atoms with van der Waals surface area (Å²) >= 11 is 0. The Kier molecular flexibility index (Phi) is 4.45. The largest absolute Gasteiger partial charge is 0.330 e. The number of hydrogen-bond acceptors (Lipinski definition) is 3. The first-order chi connectivity index (χ1) is 8.19. The molecule has 0 aromatic carbocycles. The Labute approximate surface area is 106 Å². The summed E-state index contributed by atoms with van der Waals surface area (Å²) in [4.78, 5) is 5.19. The van der Waals surface area contributed by atoms with Crippen LogP contribution in [-0.4, -0.2) is 55.6 Å². The number of rotatable bonds is 4. The quantitative estimate of drug-likeness (QED) is 0.807. The van der Waals surface area contributed by atoms with Crippen LogP contribution in [0.25, 0.3) is 0 Å². The molecule has 0 aromatic heterocycles. The fraction of sp³-hybridized carbons (Fsp3) is 1.00. The first-order valence-electron chi connectivity index (χ1n) is 7.32. The summed E-state index contributed by atoms with van der Waals surface area (Å²) < 4.78 is 0. The van der Waals surface area contributed by atoms with Crippen LogP contribution in [0.1, 0.15) is 39.0 Å². The smallest absolute Gasteiger partial charge is 0.0218 e. The molecule has 2 aliphatic rings. The van der Waals surface area contributed by atoms with Gasteiger partial charge in [0.15, 0.2) is 0 Å². The second-order valence-electron chi connectivity index (χ2n) is 6.19. The summed E-state index contributed by atoms with van der Waals surface area (Å²) in [5, 5.41) is 0. The van der Waals surface area contributed by atoms with E-state index in [4.69, 9.17) is 5.73 Å². The van der Waals surface area contributed by atoms with Gasteiger partial charge in [-0.1, -0.05) is 19.8 Å². The molecule has 100 valence electrons. The molecular weight excluding hydrogens is 210 g/mol. The molecule has 2 rings (SSSR count). The number of likely N-dealkylation sites (N-methyl/N-ethyl adjacent to an activating group) is 1. The number of hydrogen-bond donors (Lipinski definition) is 1. The Morgan fingerprint density at radius 3 is 2.53 bits per heavy atom. The van der Waals surface area contributed by atoms with Gasteiger partial charge in [-0.2, -0.15) is 0 Å². The van der Waals surface area contributed by atoms with E-state index in [-0.39, 0.29) is 0 Å². The summed E-state index contributed by atoms with van der Waals surface area (Å²) in [5.41, 5.74) is 6.50. The number of nitrogens with zero attached hydrogens (tertiary/aromatic N) is 2. The van der Waals surface area contributed by atoms with Crippen LogP contribution in [0, 0.1) is 5.41 Å². The van der Waals surface area contributed by atoms with Crippen LogP contribution in [0.2, 0.25) is 0 Å². The standard InChI is InChI=1S/C14H29N3/c1-3-13-10-17(9-8-16(13)2)12-14(11-15)6-4-5-7-14/h13H,3-12,15H2,1-2H3. The van der Waals surface area contributed by atoms with E-state index in [2.05, 4.69) is 23.8 Å². The summed E-state index contributed by atoms with van der Waals surface area (Å²) in [6.45, 7) is 8.13. The Hall–Kier alpha value is -0.120. The van der Waals surface area contributed by atoms with Crippen molar-refractivity contribution in [3.8, 4) is 0 Å². The minimum absolute atomic E-state index is 0.453. The van der Waals surface area contributed by atoms with Gasteiger partial charge in [-0.3, -0.25) is 4.90 Å². The second-order valence-corrected chi connectivity index (χ2v) is 6.19. The molecule has 0 bridgehead atoms.